The molecule has 8 heteroatoms. The second-order valence-electron chi connectivity index (χ2n) is 9.08. The van der Waals surface area contributed by atoms with Crippen LogP contribution in [0.3, 0.4) is 0 Å². The molecule has 2 aromatic carbocycles. The van der Waals surface area contributed by atoms with Gasteiger partial charge in [0, 0.05) is 63.4 Å². The first-order chi connectivity index (χ1) is 16.4. The van der Waals surface area contributed by atoms with Gasteiger partial charge in [0.1, 0.15) is 11.7 Å². The van der Waals surface area contributed by atoms with Crippen LogP contribution in [0.4, 0.5) is 21.6 Å². The molecule has 1 fully saturated rings. The highest BCUT2D eigenvalue weighted by atomic mass is 19.1. The molecule has 1 saturated heterocycles. The monoisotopic (exact) mass is 460 g/mol. The van der Waals surface area contributed by atoms with Crippen molar-refractivity contribution in [2.45, 2.75) is 13.0 Å². The standard InChI is InChI=1S/C26H29FN6O/c1-18-24(26(34)32-16-14-31(15-17-32)22-10-6-20(27)7-11-22)25(33-23(29-18)12-13-28-33)19-4-8-21(9-5-19)30(2)3/h4-13,24-25H,14-17H2,1-3H3. The van der Waals surface area contributed by atoms with E-state index in [1.165, 1.54) is 12.1 Å². The number of carbonyl (C=O) groups is 1. The fourth-order valence-corrected chi connectivity index (χ4v) is 4.88. The van der Waals surface area contributed by atoms with Gasteiger partial charge < -0.3 is 14.7 Å². The fraction of sp³-hybridized carbons (Fsp3) is 0.346. The number of carbonyl (C=O) groups excluding carboxylic acids is 1. The minimum atomic E-state index is -0.421. The summed E-state index contributed by atoms with van der Waals surface area (Å²) < 4.78 is 15.2. The van der Waals surface area contributed by atoms with E-state index in [4.69, 9.17) is 4.99 Å². The van der Waals surface area contributed by atoms with Crippen molar-refractivity contribution in [1.29, 1.82) is 0 Å². The largest absolute Gasteiger partial charge is 0.378 e. The van der Waals surface area contributed by atoms with E-state index in [-0.39, 0.29) is 17.8 Å². The number of aliphatic imine (C=N–C) groups is 1. The second-order valence-corrected chi connectivity index (χ2v) is 9.08. The number of halogens is 1. The number of aromatic nitrogens is 2. The van der Waals surface area contributed by atoms with Crippen molar-refractivity contribution >= 4 is 28.8 Å². The van der Waals surface area contributed by atoms with Crippen LogP contribution in [0.25, 0.3) is 0 Å². The molecule has 2 aliphatic heterocycles. The Morgan fingerprint density at radius 2 is 1.65 bits per heavy atom. The van der Waals surface area contributed by atoms with E-state index in [0.29, 0.717) is 26.2 Å². The van der Waals surface area contributed by atoms with Crippen LogP contribution in [-0.4, -0.2) is 66.6 Å². The Morgan fingerprint density at radius 3 is 2.29 bits per heavy atom. The maximum absolute atomic E-state index is 13.9. The molecule has 2 aliphatic rings. The molecule has 3 heterocycles. The summed E-state index contributed by atoms with van der Waals surface area (Å²) in [5.41, 5.74) is 3.92. The van der Waals surface area contributed by atoms with Gasteiger partial charge in [0.2, 0.25) is 5.91 Å². The highest BCUT2D eigenvalue weighted by molar-refractivity contribution is 6.05. The summed E-state index contributed by atoms with van der Waals surface area (Å²) in [7, 11) is 4.02. The van der Waals surface area contributed by atoms with E-state index in [9.17, 15) is 9.18 Å². The third-order valence-corrected chi connectivity index (χ3v) is 6.77. The molecule has 2 atom stereocenters. The third-order valence-electron chi connectivity index (χ3n) is 6.77. The van der Waals surface area contributed by atoms with Crippen LogP contribution in [0, 0.1) is 11.7 Å². The topological polar surface area (TPSA) is 57.0 Å². The Kier molecular flexibility index (Phi) is 5.81. The Bertz CT molecular complexity index is 1190. The number of benzene rings is 2. The van der Waals surface area contributed by atoms with Crippen LogP contribution < -0.4 is 9.80 Å². The van der Waals surface area contributed by atoms with Crippen LogP contribution in [0.15, 0.2) is 65.8 Å². The fourth-order valence-electron chi connectivity index (χ4n) is 4.88. The van der Waals surface area contributed by atoms with Gasteiger partial charge in [0.25, 0.3) is 0 Å². The van der Waals surface area contributed by atoms with Gasteiger partial charge >= 0.3 is 0 Å². The van der Waals surface area contributed by atoms with Gasteiger partial charge in [-0.25, -0.2) is 14.1 Å². The van der Waals surface area contributed by atoms with Crippen molar-refractivity contribution in [3.05, 3.63) is 72.2 Å². The molecule has 1 amide bonds. The molecule has 0 N–H and O–H groups in total. The molecule has 0 aliphatic carbocycles. The lowest BCUT2D eigenvalue weighted by Gasteiger charge is -2.40. The van der Waals surface area contributed by atoms with Crippen molar-refractivity contribution in [2.75, 3.05) is 50.1 Å². The van der Waals surface area contributed by atoms with Crippen molar-refractivity contribution in [2.24, 2.45) is 10.9 Å². The summed E-state index contributed by atoms with van der Waals surface area (Å²) in [6.07, 6.45) is 1.74. The lowest BCUT2D eigenvalue weighted by molar-refractivity contribution is -0.134. The van der Waals surface area contributed by atoms with Gasteiger partial charge in [0.05, 0.1) is 12.2 Å². The molecule has 1 aromatic heterocycles. The summed E-state index contributed by atoms with van der Waals surface area (Å²) in [6.45, 7) is 4.57. The van der Waals surface area contributed by atoms with Gasteiger partial charge in [-0.2, -0.15) is 5.10 Å². The molecule has 176 valence electrons. The average molecular weight is 461 g/mol. The predicted molar refractivity (Wildman–Crippen MR) is 133 cm³/mol. The van der Waals surface area contributed by atoms with Crippen molar-refractivity contribution in [1.82, 2.24) is 14.7 Å². The van der Waals surface area contributed by atoms with Crippen molar-refractivity contribution < 1.29 is 9.18 Å². The van der Waals surface area contributed by atoms with Crippen molar-refractivity contribution in [3.8, 4) is 0 Å². The maximum Gasteiger partial charge on any atom is 0.234 e. The third kappa shape index (κ3) is 4.04. The minimum absolute atomic E-state index is 0.0721. The first-order valence-corrected chi connectivity index (χ1v) is 11.6. The molecular weight excluding hydrogens is 431 g/mol. The molecule has 5 rings (SSSR count). The van der Waals surface area contributed by atoms with Crippen molar-refractivity contribution in [3.63, 3.8) is 0 Å². The van der Waals surface area contributed by atoms with E-state index >= 15 is 0 Å². The highest BCUT2D eigenvalue weighted by Gasteiger charge is 2.40. The number of hydrogen-bond acceptors (Lipinski definition) is 5. The Hall–Kier alpha value is -3.68. The summed E-state index contributed by atoms with van der Waals surface area (Å²) in [4.78, 5) is 24.8. The Morgan fingerprint density at radius 1 is 0.971 bits per heavy atom. The van der Waals surface area contributed by atoms with Gasteiger partial charge in [0.15, 0.2) is 5.82 Å². The maximum atomic E-state index is 13.9. The number of fused-ring (bicyclic) bond motifs is 1. The van der Waals surface area contributed by atoms with E-state index in [2.05, 4.69) is 39.2 Å². The van der Waals surface area contributed by atoms with Crippen LogP contribution in [0.5, 0.6) is 0 Å². The highest BCUT2D eigenvalue weighted by Crippen LogP contribution is 2.37. The SMILES string of the molecule is CC1=Nc2ccnn2C(c2ccc(N(C)C)cc2)C1C(=O)N1CCN(c2ccc(F)cc2)CC1. The first kappa shape index (κ1) is 22.1. The average Bonchev–Trinajstić information content (AvgIpc) is 3.31. The smallest absolute Gasteiger partial charge is 0.234 e. The zero-order chi connectivity index (χ0) is 23.8. The van der Waals surface area contributed by atoms with E-state index in [0.717, 1.165) is 28.5 Å². The number of amides is 1. The Labute approximate surface area is 199 Å². The van der Waals surface area contributed by atoms with Gasteiger partial charge in [-0.15, -0.1) is 0 Å². The molecule has 34 heavy (non-hydrogen) atoms. The number of piperazine rings is 1. The summed E-state index contributed by atoms with van der Waals surface area (Å²) >= 11 is 0. The van der Waals surface area contributed by atoms with Crippen LogP contribution >= 0.6 is 0 Å². The van der Waals surface area contributed by atoms with E-state index in [1.807, 2.05) is 36.7 Å². The second kappa shape index (κ2) is 8.93. The normalized spacial score (nSPS) is 20.1. The van der Waals surface area contributed by atoms with Gasteiger partial charge in [-0.3, -0.25) is 4.79 Å². The number of hydrogen-bond donors (Lipinski definition) is 0. The summed E-state index contributed by atoms with van der Waals surface area (Å²) in [6, 6.07) is 16.5. The molecule has 2 unspecified atom stereocenters. The molecule has 7 nitrogen and oxygen atoms in total. The quantitative estimate of drug-likeness (QED) is 0.595. The number of anilines is 2. The minimum Gasteiger partial charge on any atom is -0.378 e. The number of nitrogens with zero attached hydrogens (tertiary/aromatic N) is 6. The zero-order valence-electron chi connectivity index (χ0n) is 19.7. The summed E-state index contributed by atoms with van der Waals surface area (Å²) in [5, 5.41) is 4.53. The molecular formula is C26H29FN6O. The van der Waals surface area contributed by atoms with Crippen LogP contribution in [0.1, 0.15) is 18.5 Å². The summed E-state index contributed by atoms with van der Waals surface area (Å²) in [5.74, 6) is 0.175. The molecule has 3 aromatic rings. The van der Waals surface area contributed by atoms with Crippen LogP contribution in [-0.2, 0) is 4.79 Å². The first-order valence-electron chi connectivity index (χ1n) is 11.6. The molecule has 0 bridgehead atoms. The van der Waals surface area contributed by atoms with E-state index < -0.39 is 5.92 Å². The van der Waals surface area contributed by atoms with E-state index in [1.54, 1.807) is 18.3 Å². The van der Waals surface area contributed by atoms with Gasteiger partial charge in [-0.1, -0.05) is 12.1 Å². The Balaban J connectivity index is 1.39. The zero-order valence-corrected chi connectivity index (χ0v) is 19.7. The predicted octanol–water partition coefficient (Wildman–Crippen LogP) is 3.75. The van der Waals surface area contributed by atoms with Crippen LogP contribution in [0.2, 0.25) is 0 Å². The molecule has 0 radical (unpaired) electrons. The van der Waals surface area contributed by atoms with Gasteiger partial charge in [-0.05, 0) is 48.9 Å². The molecule has 0 spiro atoms. The lowest BCUT2D eigenvalue weighted by atomic mass is 9.86. The number of rotatable bonds is 4. The lowest BCUT2D eigenvalue weighted by Crippen LogP contribution is -2.53. The molecule has 0 saturated carbocycles.